The molecule has 3 heteroatoms. The molecule has 0 aliphatic carbocycles. The van der Waals surface area contributed by atoms with Crippen LogP contribution in [-0.4, -0.2) is 25.3 Å². The van der Waals surface area contributed by atoms with E-state index in [0.29, 0.717) is 13.0 Å². The van der Waals surface area contributed by atoms with E-state index in [2.05, 4.69) is 11.9 Å². The minimum atomic E-state index is -0.132. The van der Waals surface area contributed by atoms with Crippen LogP contribution in [0.5, 0.6) is 0 Å². The second-order valence-corrected chi connectivity index (χ2v) is 3.87. The number of nitrogens with zero attached hydrogens (tertiary/aromatic N) is 1. The maximum absolute atomic E-state index is 10.8. The molecule has 94 valence electrons. The Hall–Kier alpha value is -0.860. The Bertz CT molecular complexity index is 190. The Labute approximate surface area is 99.3 Å². The number of carbonyl (C=O) groups is 1. The fourth-order valence-corrected chi connectivity index (χ4v) is 1.32. The molecule has 0 atom stereocenters. The smallest absolute Gasteiger partial charge is 0.305 e. The molecule has 0 aromatic carbocycles. The third-order valence-corrected chi connectivity index (χ3v) is 2.32. The SMILES string of the molecule is CCCCCCCN=CCCOC(=O)CC. The molecule has 0 heterocycles. The van der Waals surface area contributed by atoms with Crippen molar-refractivity contribution >= 4 is 12.2 Å². The molecule has 0 aromatic heterocycles. The van der Waals surface area contributed by atoms with Crippen LogP contribution in [0.4, 0.5) is 0 Å². The Kier molecular flexibility index (Phi) is 11.6. The lowest BCUT2D eigenvalue weighted by Gasteiger charge is -1.99. The van der Waals surface area contributed by atoms with E-state index in [9.17, 15) is 4.79 Å². The summed E-state index contributed by atoms with van der Waals surface area (Å²) >= 11 is 0. The minimum absolute atomic E-state index is 0.132. The predicted molar refractivity (Wildman–Crippen MR) is 68.0 cm³/mol. The third kappa shape index (κ3) is 11.2. The molecular formula is C13H25NO2. The van der Waals surface area contributed by atoms with Gasteiger partial charge in [-0.25, -0.2) is 0 Å². The molecule has 0 N–H and O–H groups in total. The summed E-state index contributed by atoms with van der Waals surface area (Å²) in [6.07, 6.45) is 9.43. The number of ether oxygens (including phenoxy) is 1. The van der Waals surface area contributed by atoms with Gasteiger partial charge in [0.05, 0.1) is 6.61 Å². The molecule has 0 fully saturated rings. The van der Waals surface area contributed by atoms with Crippen LogP contribution in [0.25, 0.3) is 0 Å². The van der Waals surface area contributed by atoms with Crippen LogP contribution in [0.2, 0.25) is 0 Å². The lowest BCUT2D eigenvalue weighted by molar-refractivity contribution is -0.142. The van der Waals surface area contributed by atoms with E-state index in [1.54, 1.807) is 6.92 Å². The molecular weight excluding hydrogens is 202 g/mol. The van der Waals surface area contributed by atoms with Gasteiger partial charge in [0.25, 0.3) is 0 Å². The van der Waals surface area contributed by atoms with Crippen LogP contribution in [0.1, 0.15) is 58.8 Å². The zero-order valence-electron chi connectivity index (χ0n) is 10.7. The van der Waals surface area contributed by atoms with Crippen molar-refractivity contribution in [3.8, 4) is 0 Å². The van der Waals surface area contributed by atoms with E-state index in [1.165, 1.54) is 32.1 Å². The van der Waals surface area contributed by atoms with Crippen molar-refractivity contribution in [3.63, 3.8) is 0 Å². The monoisotopic (exact) mass is 227 g/mol. The van der Waals surface area contributed by atoms with Gasteiger partial charge in [0.1, 0.15) is 0 Å². The number of hydrogen-bond donors (Lipinski definition) is 0. The lowest BCUT2D eigenvalue weighted by atomic mass is 10.2. The second kappa shape index (κ2) is 12.2. The Morgan fingerprint density at radius 2 is 1.94 bits per heavy atom. The summed E-state index contributed by atoms with van der Waals surface area (Å²) in [4.78, 5) is 15.1. The van der Waals surface area contributed by atoms with Gasteiger partial charge in [0, 0.05) is 25.6 Å². The standard InChI is InChI=1S/C13H25NO2/c1-3-5-6-7-8-10-14-11-9-12-16-13(15)4-2/h11H,3-10,12H2,1-2H3. The molecule has 0 rings (SSSR count). The van der Waals surface area contributed by atoms with Gasteiger partial charge in [-0.15, -0.1) is 0 Å². The topological polar surface area (TPSA) is 38.7 Å². The zero-order chi connectivity index (χ0) is 12.1. The summed E-state index contributed by atoms with van der Waals surface area (Å²) in [7, 11) is 0. The van der Waals surface area contributed by atoms with Crippen LogP contribution in [-0.2, 0) is 9.53 Å². The van der Waals surface area contributed by atoms with Crippen molar-refractivity contribution in [1.82, 2.24) is 0 Å². The first kappa shape index (κ1) is 15.1. The molecule has 0 saturated heterocycles. The van der Waals surface area contributed by atoms with Crippen molar-refractivity contribution in [3.05, 3.63) is 0 Å². The number of rotatable bonds is 10. The van der Waals surface area contributed by atoms with Gasteiger partial charge in [-0.2, -0.15) is 0 Å². The average Bonchev–Trinajstić information content (AvgIpc) is 2.31. The number of carbonyl (C=O) groups excluding carboxylic acids is 1. The molecule has 0 aliphatic heterocycles. The molecule has 0 saturated carbocycles. The number of esters is 1. The molecule has 0 aliphatic rings. The normalized spacial score (nSPS) is 10.9. The maximum atomic E-state index is 10.8. The van der Waals surface area contributed by atoms with Gasteiger partial charge in [0.2, 0.25) is 0 Å². The van der Waals surface area contributed by atoms with Gasteiger partial charge in [-0.05, 0) is 6.42 Å². The van der Waals surface area contributed by atoms with Gasteiger partial charge >= 0.3 is 5.97 Å². The highest BCUT2D eigenvalue weighted by Crippen LogP contribution is 2.01. The molecule has 16 heavy (non-hydrogen) atoms. The van der Waals surface area contributed by atoms with E-state index in [-0.39, 0.29) is 5.97 Å². The summed E-state index contributed by atoms with van der Waals surface area (Å²) in [6, 6.07) is 0. The van der Waals surface area contributed by atoms with Crippen molar-refractivity contribution in [2.75, 3.05) is 13.2 Å². The van der Waals surface area contributed by atoms with Crippen LogP contribution in [0.3, 0.4) is 0 Å². The highest BCUT2D eigenvalue weighted by atomic mass is 16.5. The first-order chi connectivity index (χ1) is 7.81. The fourth-order valence-electron chi connectivity index (χ4n) is 1.32. The summed E-state index contributed by atoms with van der Waals surface area (Å²) in [5.74, 6) is -0.132. The molecule has 0 unspecified atom stereocenters. The van der Waals surface area contributed by atoms with E-state index in [0.717, 1.165) is 13.0 Å². The predicted octanol–water partition coefficient (Wildman–Crippen LogP) is 3.37. The highest BCUT2D eigenvalue weighted by molar-refractivity contribution is 5.69. The Balaban J connectivity index is 3.13. The van der Waals surface area contributed by atoms with Crippen molar-refractivity contribution in [1.29, 1.82) is 0 Å². The molecule has 0 spiro atoms. The van der Waals surface area contributed by atoms with Crippen molar-refractivity contribution in [2.45, 2.75) is 58.8 Å². The summed E-state index contributed by atoms with van der Waals surface area (Å²) in [6.45, 7) is 5.39. The summed E-state index contributed by atoms with van der Waals surface area (Å²) in [5.41, 5.74) is 0. The Morgan fingerprint density at radius 1 is 1.19 bits per heavy atom. The van der Waals surface area contributed by atoms with Crippen LogP contribution in [0.15, 0.2) is 4.99 Å². The number of unbranched alkanes of at least 4 members (excludes halogenated alkanes) is 4. The number of aliphatic imine (C=N–C) groups is 1. The van der Waals surface area contributed by atoms with Crippen LogP contribution in [0, 0.1) is 0 Å². The van der Waals surface area contributed by atoms with Gasteiger partial charge < -0.3 is 4.74 Å². The zero-order valence-corrected chi connectivity index (χ0v) is 10.7. The minimum Gasteiger partial charge on any atom is -0.465 e. The van der Waals surface area contributed by atoms with Crippen LogP contribution < -0.4 is 0 Å². The Morgan fingerprint density at radius 3 is 2.62 bits per heavy atom. The van der Waals surface area contributed by atoms with Gasteiger partial charge in [-0.1, -0.05) is 39.5 Å². The van der Waals surface area contributed by atoms with E-state index in [4.69, 9.17) is 4.74 Å². The number of hydrogen-bond acceptors (Lipinski definition) is 3. The summed E-state index contributed by atoms with van der Waals surface area (Å²) < 4.78 is 4.92. The van der Waals surface area contributed by atoms with Crippen LogP contribution >= 0.6 is 0 Å². The first-order valence-corrected chi connectivity index (χ1v) is 6.45. The van der Waals surface area contributed by atoms with E-state index < -0.39 is 0 Å². The first-order valence-electron chi connectivity index (χ1n) is 6.45. The second-order valence-electron chi connectivity index (χ2n) is 3.87. The quantitative estimate of drug-likeness (QED) is 0.326. The average molecular weight is 227 g/mol. The lowest BCUT2D eigenvalue weighted by Crippen LogP contribution is -2.04. The molecule has 3 nitrogen and oxygen atoms in total. The largest absolute Gasteiger partial charge is 0.465 e. The third-order valence-electron chi connectivity index (χ3n) is 2.32. The molecule has 0 aromatic rings. The molecule has 0 amide bonds. The van der Waals surface area contributed by atoms with E-state index in [1.807, 2.05) is 6.21 Å². The molecule has 0 radical (unpaired) electrons. The van der Waals surface area contributed by atoms with Gasteiger partial charge in [-0.3, -0.25) is 9.79 Å². The maximum Gasteiger partial charge on any atom is 0.305 e. The van der Waals surface area contributed by atoms with Gasteiger partial charge in [0.15, 0.2) is 0 Å². The van der Waals surface area contributed by atoms with Crippen molar-refractivity contribution in [2.24, 2.45) is 4.99 Å². The van der Waals surface area contributed by atoms with Crippen molar-refractivity contribution < 1.29 is 9.53 Å². The molecule has 0 bridgehead atoms. The highest BCUT2D eigenvalue weighted by Gasteiger charge is 1.95. The fraction of sp³-hybridized carbons (Fsp3) is 0.846. The van der Waals surface area contributed by atoms with E-state index >= 15 is 0 Å². The summed E-state index contributed by atoms with van der Waals surface area (Å²) in [5, 5.41) is 0.